The summed E-state index contributed by atoms with van der Waals surface area (Å²) in [5, 5.41) is 6.22. The van der Waals surface area contributed by atoms with Gasteiger partial charge in [0.1, 0.15) is 0 Å². The molecule has 0 bridgehead atoms. The second-order valence-corrected chi connectivity index (χ2v) is 6.54. The van der Waals surface area contributed by atoms with Crippen molar-refractivity contribution in [2.24, 2.45) is 0 Å². The van der Waals surface area contributed by atoms with Crippen LogP contribution in [0.4, 0.5) is 4.79 Å². The molecule has 0 aromatic heterocycles. The second-order valence-electron chi connectivity index (χ2n) is 5.62. The summed E-state index contributed by atoms with van der Waals surface area (Å²) >= 11 is 1.32. The molecule has 1 aliphatic rings. The Labute approximate surface area is 135 Å². The van der Waals surface area contributed by atoms with E-state index in [1.54, 1.807) is 0 Å². The Bertz CT molecular complexity index is 511. The van der Waals surface area contributed by atoms with E-state index in [1.807, 2.05) is 43.0 Å². The van der Waals surface area contributed by atoms with Gasteiger partial charge in [0.05, 0.1) is 0 Å². The molecule has 1 aromatic rings. The fourth-order valence-electron chi connectivity index (χ4n) is 2.18. The number of piperazine rings is 1. The molecule has 2 rings (SSSR count). The SMILES string of the molecule is CC(C)NC(=O)c1ccc(CSC(=O)N2CCNCC2)cc1. The number of carbonyl (C=O) groups is 2. The molecule has 0 radical (unpaired) electrons. The molecule has 0 spiro atoms. The van der Waals surface area contributed by atoms with E-state index in [2.05, 4.69) is 10.6 Å². The van der Waals surface area contributed by atoms with Gasteiger partial charge in [-0.05, 0) is 31.5 Å². The van der Waals surface area contributed by atoms with Crippen molar-refractivity contribution < 1.29 is 9.59 Å². The van der Waals surface area contributed by atoms with E-state index in [1.165, 1.54) is 11.8 Å². The topological polar surface area (TPSA) is 61.4 Å². The van der Waals surface area contributed by atoms with Crippen LogP contribution in [-0.4, -0.2) is 48.3 Å². The van der Waals surface area contributed by atoms with Crippen LogP contribution in [0.25, 0.3) is 0 Å². The minimum atomic E-state index is -0.0638. The highest BCUT2D eigenvalue weighted by Crippen LogP contribution is 2.17. The first-order chi connectivity index (χ1) is 10.6. The first-order valence-corrected chi connectivity index (χ1v) is 8.57. The number of hydrogen-bond acceptors (Lipinski definition) is 4. The third-order valence-electron chi connectivity index (χ3n) is 3.37. The summed E-state index contributed by atoms with van der Waals surface area (Å²) in [4.78, 5) is 25.8. The van der Waals surface area contributed by atoms with Gasteiger partial charge in [0, 0.05) is 43.5 Å². The molecule has 0 unspecified atom stereocenters. The average Bonchev–Trinajstić information content (AvgIpc) is 2.53. The van der Waals surface area contributed by atoms with Crippen molar-refractivity contribution in [2.45, 2.75) is 25.6 Å². The minimum Gasteiger partial charge on any atom is -0.350 e. The van der Waals surface area contributed by atoms with Crippen LogP contribution in [0.5, 0.6) is 0 Å². The molecule has 0 atom stereocenters. The van der Waals surface area contributed by atoms with Crippen molar-refractivity contribution in [3.05, 3.63) is 35.4 Å². The summed E-state index contributed by atoms with van der Waals surface area (Å²) < 4.78 is 0. The predicted octanol–water partition coefficient (Wildman–Crippen LogP) is 2.08. The zero-order valence-electron chi connectivity index (χ0n) is 13.1. The van der Waals surface area contributed by atoms with Gasteiger partial charge in [0.25, 0.3) is 11.1 Å². The molecule has 120 valence electrons. The number of thioether (sulfide) groups is 1. The van der Waals surface area contributed by atoms with Crippen LogP contribution < -0.4 is 10.6 Å². The normalized spacial score (nSPS) is 15.0. The van der Waals surface area contributed by atoms with E-state index in [4.69, 9.17) is 0 Å². The van der Waals surface area contributed by atoms with Gasteiger partial charge in [-0.1, -0.05) is 23.9 Å². The van der Waals surface area contributed by atoms with Crippen LogP contribution in [0.3, 0.4) is 0 Å². The lowest BCUT2D eigenvalue weighted by atomic mass is 10.1. The molecule has 1 saturated heterocycles. The summed E-state index contributed by atoms with van der Waals surface area (Å²) in [5.74, 6) is 0.570. The molecule has 1 aliphatic heterocycles. The van der Waals surface area contributed by atoms with Gasteiger partial charge in [-0.15, -0.1) is 0 Å². The highest BCUT2D eigenvalue weighted by molar-refractivity contribution is 8.12. The van der Waals surface area contributed by atoms with Gasteiger partial charge in [-0.25, -0.2) is 0 Å². The molecule has 1 aromatic carbocycles. The van der Waals surface area contributed by atoms with E-state index >= 15 is 0 Å². The summed E-state index contributed by atoms with van der Waals surface area (Å²) in [5.41, 5.74) is 1.70. The average molecular weight is 321 g/mol. The Morgan fingerprint density at radius 2 is 1.86 bits per heavy atom. The quantitative estimate of drug-likeness (QED) is 0.891. The summed E-state index contributed by atoms with van der Waals surface area (Å²) in [6.45, 7) is 7.16. The first-order valence-electron chi connectivity index (χ1n) is 7.58. The molecule has 2 N–H and O–H groups in total. The highest BCUT2D eigenvalue weighted by atomic mass is 32.2. The number of nitrogens with one attached hydrogen (secondary N) is 2. The maximum Gasteiger partial charge on any atom is 0.282 e. The smallest absolute Gasteiger partial charge is 0.282 e. The Hall–Kier alpha value is -1.53. The number of nitrogens with zero attached hydrogens (tertiary/aromatic N) is 1. The molecule has 22 heavy (non-hydrogen) atoms. The van der Waals surface area contributed by atoms with E-state index in [-0.39, 0.29) is 17.2 Å². The zero-order valence-corrected chi connectivity index (χ0v) is 13.9. The first kappa shape index (κ1) is 16.8. The van der Waals surface area contributed by atoms with Gasteiger partial charge in [0.2, 0.25) is 0 Å². The van der Waals surface area contributed by atoms with Crippen molar-refractivity contribution in [1.82, 2.24) is 15.5 Å². The lowest BCUT2D eigenvalue weighted by molar-refractivity contribution is 0.0943. The van der Waals surface area contributed by atoms with E-state index in [0.717, 1.165) is 31.7 Å². The molecule has 5 nitrogen and oxygen atoms in total. The van der Waals surface area contributed by atoms with Crippen molar-refractivity contribution in [3.8, 4) is 0 Å². The monoisotopic (exact) mass is 321 g/mol. The van der Waals surface area contributed by atoms with Crippen molar-refractivity contribution in [1.29, 1.82) is 0 Å². The zero-order chi connectivity index (χ0) is 15.9. The Kier molecular flexibility index (Phi) is 6.27. The molecular weight excluding hydrogens is 298 g/mol. The van der Waals surface area contributed by atoms with Crippen LogP contribution in [0.1, 0.15) is 29.8 Å². The van der Waals surface area contributed by atoms with Crippen molar-refractivity contribution in [3.63, 3.8) is 0 Å². The van der Waals surface area contributed by atoms with Gasteiger partial charge < -0.3 is 15.5 Å². The third-order valence-corrected chi connectivity index (χ3v) is 4.36. The van der Waals surface area contributed by atoms with Crippen molar-refractivity contribution in [2.75, 3.05) is 26.2 Å². The third kappa shape index (κ3) is 5.03. The van der Waals surface area contributed by atoms with E-state index in [0.29, 0.717) is 11.3 Å². The Balaban J connectivity index is 1.83. The minimum absolute atomic E-state index is 0.0638. The lowest BCUT2D eigenvalue weighted by Crippen LogP contribution is -2.45. The fourth-order valence-corrected chi connectivity index (χ4v) is 3.03. The highest BCUT2D eigenvalue weighted by Gasteiger charge is 2.16. The fraction of sp³-hybridized carbons (Fsp3) is 0.500. The standard InChI is InChI=1S/C16H23N3O2S/c1-12(2)18-15(20)14-5-3-13(4-6-14)11-22-16(21)19-9-7-17-8-10-19/h3-6,12,17H,7-11H2,1-2H3,(H,18,20). The number of rotatable bonds is 4. The summed E-state index contributed by atoms with van der Waals surface area (Å²) in [7, 11) is 0. The molecule has 0 saturated carbocycles. The van der Waals surface area contributed by atoms with Gasteiger partial charge in [0.15, 0.2) is 0 Å². The number of benzene rings is 1. The Morgan fingerprint density at radius 1 is 1.23 bits per heavy atom. The number of carbonyl (C=O) groups excluding carboxylic acids is 2. The molecule has 2 amide bonds. The summed E-state index contributed by atoms with van der Waals surface area (Å²) in [6, 6.07) is 7.56. The van der Waals surface area contributed by atoms with Crippen LogP contribution in [-0.2, 0) is 5.75 Å². The van der Waals surface area contributed by atoms with Crippen LogP contribution in [0.15, 0.2) is 24.3 Å². The van der Waals surface area contributed by atoms with Gasteiger partial charge in [-0.2, -0.15) is 0 Å². The Morgan fingerprint density at radius 3 is 2.45 bits per heavy atom. The number of amides is 2. The van der Waals surface area contributed by atoms with Crippen LogP contribution in [0.2, 0.25) is 0 Å². The molecule has 0 aliphatic carbocycles. The van der Waals surface area contributed by atoms with Crippen LogP contribution >= 0.6 is 11.8 Å². The molecule has 6 heteroatoms. The van der Waals surface area contributed by atoms with E-state index < -0.39 is 0 Å². The van der Waals surface area contributed by atoms with Gasteiger partial charge in [-0.3, -0.25) is 9.59 Å². The van der Waals surface area contributed by atoms with Gasteiger partial charge >= 0.3 is 0 Å². The largest absolute Gasteiger partial charge is 0.350 e. The molecule has 1 fully saturated rings. The van der Waals surface area contributed by atoms with Crippen LogP contribution in [0, 0.1) is 0 Å². The molecular formula is C16H23N3O2S. The summed E-state index contributed by atoms with van der Waals surface area (Å²) in [6.07, 6.45) is 0. The van der Waals surface area contributed by atoms with Crippen molar-refractivity contribution >= 4 is 22.9 Å². The maximum atomic E-state index is 12.1. The second kappa shape index (κ2) is 8.19. The lowest BCUT2D eigenvalue weighted by Gasteiger charge is -2.26. The van der Waals surface area contributed by atoms with E-state index in [9.17, 15) is 9.59 Å². The maximum absolute atomic E-state index is 12.1. The predicted molar refractivity (Wildman–Crippen MR) is 90.2 cm³/mol. The number of hydrogen-bond donors (Lipinski definition) is 2. The molecule has 1 heterocycles.